The van der Waals surface area contributed by atoms with E-state index >= 15 is 0 Å². The van der Waals surface area contributed by atoms with Crippen LogP contribution in [0.25, 0.3) is 0 Å². The molecule has 0 bridgehead atoms. The van der Waals surface area contributed by atoms with Gasteiger partial charge in [0, 0.05) is 19.3 Å². The first-order valence-corrected chi connectivity index (χ1v) is 22.9. The van der Waals surface area contributed by atoms with E-state index in [1.807, 2.05) is 0 Å². The molecular weight excluding hydrogens is 697 g/mol. The lowest BCUT2D eigenvalue weighted by atomic mass is 10.1. The molecule has 6 heteroatoms. The van der Waals surface area contributed by atoms with Crippen LogP contribution in [-0.4, -0.2) is 37.2 Å². The fourth-order valence-corrected chi connectivity index (χ4v) is 6.06. The fraction of sp³-hybridized carbons (Fsp3) is 0.700. The monoisotopic (exact) mass is 781 g/mol. The molecule has 0 spiro atoms. The lowest BCUT2D eigenvalue weighted by molar-refractivity contribution is -0.167. The minimum absolute atomic E-state index is 0.0915. The van der Waals surface area contributed by atoms with Crippen LogP contribution in [0.1, 0.15) is 207 Å². The van der Waals surface area contributed by atoms with Gasteiger partial charge in [0.2, 0.25) is 0 Å². The van der Waals surface area contributed by atoms with Crippen molar-refractivity contribution in [1.29, 1.82) is 0 Å². The number of carbonyl (C=O) groups excluding carboxylic acids is 3. The Bertz CT molecular complexity index is 1080. The number of carbonyl (C=O) groups is 3. The molecule has 0 saturated heterocycles. The van der Waals surface area contributed by atoms with Crippen LogP contribution in [0.3, 0.4) is 0 Å². The number of rotatable bonds is 40. The zero-order valence-electron chi connectivity index (χ0n) is 36.4. The molecule has 320 valence electrons. The molecule has 6 nitrogen and oxygen atoms in total. The van der Waals surface area contributed by atoms with Crippen LogP contribution in [0.4, 0.5) is 0 Å². The maximum Gasteiger partial charge on any atom is 0.306 e. The second-order valence-corrected chi connectivity index (χ2v) is 14.9. The molecule has 0 rings (SSSR count). The highest BCUT2D eigenvalue weighted by Crippen LogP contribution is 2.13. The summed E-state index contributed by atoms with van der Waals surface area (Å²) in [6, 6.07) is 0. The number of allylic oxidation sites excluding steroid dienone is 12. The van der Waals surface area contributed by atoms with Gasteiger partial charge < -0.3 is 14.2 Å². The molecule has 0 aliphatic rings. The predicted octanol–water partition coefficient (Wildman–Crippen LogP) is 14.7. The van der Waals surface area contributed by atoms with Gasteiger partial charge >= 0.3 is 17.9 Å². The Morgan fingerprint density at radius 3 is 1.09 bits per heavy atom. The van der Waals surface area contributed by atoms with Crippen molar-refractivity contribution in [1.82, 2.24) is 0 Å². The third kappa shape index (κ3) is 42.0. The van der Waals surface area contributed by atoms with E-state index in [-0.39, 0.29) is 31.1 Å². The normalized spacial score (nSPS) is 12.7. The number of esters is 3. The first-order valence-electron chi connectivity index (χ1n) is 22.9. The Labute approximate surface area is 344 Å². The Balaban J connectivity index is 4.46. The van der Waals surface area contributed by atoms with Gasteiger partial charge in [-0.15, -0.1) is 0 Å². The highest BCUT2D eigenvalue weighted by atomic mass is 16.6. The van der Waals surface area contributed by atoms with Crippen LogP contribution < -0.4 is 0 Å². The number of hydrogen-bond acceptors (Lipinski definition) is 6. The summed E-state index contributed by atoms with van der Waals surface area (Å²) in [6.45, 7) is 6.34. The van der Waals surface area contributed by atoms with E-state index in [0.717, 1.165) is 122 Å². The molecule has 56 heavy (non-hydrogen) atoms. The van der Waals surface area contributed by atoms with Crippen molar-refractivity contribution in [2.45, 2.75) is 213 Å². The molecule has 1 unspecified atom stereocenters. The number of hydrogen-bond donors (Lipinski definition) is 0. The first-order chi connectivity index (χ1) is 27.5. The Morgan fingerprint density at radius 2 is 0.696 bits per heavy atom. The zero-order chi connectivity index (χ0) is 40.8. The van der Waals surface area contributed by atoms with E-state index in [9.17, 15) is 14.4 Å². The maximum absolute atomic E-state index is 12.7. The van der Waals surface area contributed by atoms with Gasteiger partial charge in [-0.1, -0.05) is 177 Å². The molecule has 0 N–H and O–H groups in total. The highest BCUT2D eigenvalue weighted by molar-refractivity contribution is 5.71. The summed E-state index contributed by atoms with van der Waals surface area (Å²) >= 11 is 0. The van der Waals surface area contributed by atoms with Gasteiger partial charge in [-0.2, -0.15) is 0 Å². The van der Waals surface area contributed by atoms with E-state index in [0.29, 0.717) is 19.3 Å². The van der Waals surface area contributed by atoms with Crippen molar-refractivity contribution in [3.8, 4) is 0 Å². The molecule has 0 fully saturated rings. The van der Waals surface area contributed by atoms with Gasteiger partial charge in [-0.05, 0) is 83.5 Å². The minimum Gasteiger partial charge on any atom is -0.462 e. The molecular formula is C50H84O6. The van der Waals surface area contributed by atoms with Crippen molar-refractivity contribution in [3.63, 3.8) is 0 Å². The Hall–Kier alpha value is -3.15. The van der Waals surface area contributed by atoms with Crippen LogP contribution in [0, 0.1) is 0 Å². The van der Waals surface area contributed by atoms with Crippen LogP contribution in [0.15, 0.2) is 72.9 Å². The fourth-order valence-electron chi connectivity index (χ4n) is 6.06. The van der Waals surface area contributed by atoms with Crippen LogP contribution in [0.2, 0.25) is 0 Å². The zero-order valence-corrected chi connectivity index (χ0v) is 36.4. The summed E-state index contributed by atoms with van der Waals surface area (Å²) in [5.74, 6) is -0.943. The standard InChI is InChI=1S/C50H84O6/c1-4-7-10-13-16-19-22-24-26-28-31-34-37-40-43-49(52)55-46-47(45-54-48(51)42-39-36-33-30-21-18-15-12-9-6-3)56-50(53)44-41-38-35-32-29-27-25-23-20-17-14-11-8-5-2/h7-8,10-11,16-17,19-20,24-27,47H,4-6,9,12-15,18,21-23,28-46H2,1-3H3/b10-7-,11-8-,19-16-,20-17-,26-24-,27-25-. The molecule has 0 amide bonds. The van der Waals surface area contributed by atoms with Crippen molar-refractivity contribution in [2.75, 3.05) is 13.2 Å². The average molecular weight is 781 g/mol. The van der Waals surface area contributed by atoms with Crippen molar-refractivity contribution >= 4 is 17.9 Å². The smallest absolute Gasteiger partial charge is 0.306 e. The Kier molecular flexibility index (Phi) is 42.1. The van der Waals surface area contributed by atoms with Gasteiger partial charge in [0.15, 0.2) is 6.10 Å². The summed E-state index contributed by atoms with van der Waals surface area (Å²) in [6.07, 6.45) is 54.5. The number of ether oxygens (including phenoxy) is 3. The second-order valence-electron chi connectivity index (χ2n) is 14.9. The molecule has 0 aromatic rings. The van der Waals surface area contributed by atoms with Crippen molar-refractivity contribution in [2.24, 2.45) is 0 Å². The van der Waals surface area contributed by atoms with E-state index in [4.69, 9.17) is 14.2 Å². The van der Waals surface area contributed by atoms with Gasteiger partial charge in [0.25, 0.3) is 0 Å². The SMILES string of the molecule is CC/C=C\C/C=C\C/C=C\CCCCCCC(=O)OCC(COC(=O)CCCCCCCCCCCC)OC(=O)CCCCCC/C=C\C/C=C\C/C=C\CC. The molecule has 0 heterocycles. The van der Waals surface area contributed by atoms with Crippen molar-refractivity contribution < 1.29 is 28.6 Å². The topological polar surface area (TPSA) is 78.9 Å². The first kappa shape index (κ1) is 52.9. The molecule has 0 aromatic heterocycles. The largest absolute Gasteiger partial charge is 0.462 e. The van der Waals surface area contributed by atoms with Crippen LogP contribution in [-0.2, 0) is 28.6 Å². The van der Waals surface area contributed by atoms with Crippen LogP contribution in [0.5, 0.6) is 0 Å². The second kappa shape index (κ2) is 44.6. The maximum atomic E-state index is 12.7. The lowest BCUT2D eigenvalue weighted by Gasteiger charge is -2.18. The van der Waals surface area contributed by atoms with Crippen molar-refractivity contribution in [3.05, 3.63) is 72.9 Å². The molecule has 0 saturated carbocycles. The molecule has 0 aliphatic heterocycles. The van der Waals surface area contributed by atoms with Gasteiger partial charge in [-0.3, -0.25) is 14.4 Å². The van der Waals surface area contributed by atoms with Gasteiger partial charge in [0.1, 0.15) is 13.2 Å². The number of unbranched alkanes of at least 4 members (excludes halogenated alkanes) is 17. The predicted molar refractivity (Wildman–Crippen MR) is 238 cm³/mol. The minimum atomic E-state index is -0.792. The lowest BCUT2D eigenvalue weighted by Crippen LogP contribution is -2.30. The van der Waals surface area contributed by atoms with E-state index in [1.165, 1.54) is 44.9 Å². The average Bonchev–Trinajstić information content (AvgIpc) is 3.19. The molecule has 0 aliphatic carbocycles. The summed E-state index contributed by atoms with van der Waals surface area (Å²) in [5, 5.41) is 0. The third-order valence-electron chi connectivity index (χ3n) is 9.46. The highest BCUT2D eigenvalue weighted by Gasteiger charge is 2.19. The van der Waals surface area contributed by atoms with Gasteiger partial charge in [0.05, 0.1) is 0 Å². The molecule has 0 aromatic carbocycles. The Morgan fingerprint density at radius 1 is 0.375 bits per heavy atom. The summed E-state index contributed by atoms with van der Waals surface area (Å²) in [4.78, 5) is 37.7. The molecule has 1 atom stereocenters. The summed E-state index contributed by atoms with van der Waals surface area (Å²) < 4.78 is 16.7. The van der Waals surface area contributed by atoms with E-state index in [1.54, 1.807) is 0 Å². The van der Waals surface area contributed by atoms with E-state index in [2.05, 4.69) is 93.7 Å². The van der Waals surface area contributed by atoms with Gasteiger partial charge in [-0.25, -0.2) is 0 Å². The summed E-state index contributed by atoms with van der Waals surface area (Å²) in [7, 11) is 0. The van der Waals surface area contributed by atoms with E-state index < -0.39 is 6.10 Å². The summed E-state index contributed by atoms with van der Waals surface area (Å²) in [5.41, 5.74) is 0. The third-order valence-corrected chi connectivity index (χ3v) is 9.46. The van der Waals surface area contributed by atoms with Crippen LogP contribution >= 0.6 is 0 Å². The quantitative estimate of drug-likeness (QED) is 0.0267. The molecule has 0 radical (unpaired) electrons.